The Kier molecular flexibility index (Phi) is 4.52. The molecule has 0 saturated carbocycles. The number of nitrogens with zero attached hydrogens (tertiary/aromatic N) is 2. The molecule has 0 fully saturated rings. The van der Waals surface area contributed by atoms with Crippen LogP contribution in [0.5, 0.6) is 0 Å². The molecule has 0 heterocycles. The van der Waals surface area contributed by atoms with Gasteiger partial charge in [0.2, 0.25) is 0 Å². The molecule has 0 aliphatic heterocycles. The summed E-state index contributed by atoms with van der Waals surface area (Å²) in [6.07, 6.45) is -4.55. The minimum Gasteiger partial charge on any atom is -0.480 e. The molecule has 0 radical (unpaired) electrons. The minimum absolute atomic E-state index is 0.167. The normalized spacial score (nSPS) is 11.9. The average Bonchev–Trinajstić information content (AvgIpc) is 2.38. The van der Waals surface area contributed by atoms with E-state index < -0.39 is 23.2 Å². The zero-order chi connectivity index (χ0) is 16.4. The predicted molar refractivity (Wildman–Crippen MR) is 70.9 cm³/mol. The molecule has 1 aromatic rings. The van der Waals surface area contributed by atoms with Crippen LogP contribution in [0.1, 0.15) is 31.9 Å². The summed E-state index contributed by atoms with van der Waals surface area (Å²) >= 11 is 0. The van der Waals surface area contributed by atoms with Crippen molar-refractivity contribution >= 4 is 11.7 Å². The first kappa shape index (κ1) is 16.8. The van der Waals surface area contributed by atoms with Gasteiger partial charge in [-0.1, -0.05) is 0 Å². The number of carboxylic acids is 1. The molecule has 0 aliphatic rings. The molecule has 1 rings (SSSR count). The first-order valence-corrected chi connectivity index (χ1v) is 6.18. The van der Waals surface area contributed by atoms with E-state index in [-0.39, 0.29) is 17.8 Å². The number of likely N-dealkylation sites (N-methyl/N-ethyl adjacent to an activating group) is 1. The molecule has 4 nitrogen and oxygen atoms in total. The molecule has 0 spiro atoms. The second-order valence-electron chi connectivity index (χ2n) is 4.95. The smallest absolute Gasteiger partial charge is 0.416 e. The molecule has 0 aliphatic carbocycles. The van der Waals surface area contributed by atoms with Gasteiger partial charge in [-0.3, -0.25) is 0 Å². The number of aliphatic carboxylic acids is 1. The molecule has 0 bridgehead atoms. The Morgan fingerprint density at radius 3 is 2.33 bits per heavy atom. The van der Waals surface area contributed by atoms with E-state index in [2.05, 4.69) is 0 Å². The molecule has 7 heteroatoms. The maximum atomic E-state index is 12.7. The quantitative estimate of drug-likeness (QED) is 0.927. The summed E-state index contributed by atoms with van der Waals surface area (Å²) in [5, 5.41) is 18.3. The topological polar surface area (TPSA) is 64.3 Å². The second-order valence-corrected chi connectivity index (χ2v) is 4.95. The second kappa shape index (κ2) is 5.64. The molecule has 0 atom stereocenters. The van der Waals surface area contributed by atoms with Crippen molar-refractivity contribution in [1.82, 2.24) is 0 Å². The fourth-order valence-electron chi connectivity index (χ4n) is 2.02. The summed E-state index contributed by atoms with van der Waals surface area (Å²) < 4.78 is 38.0. The van der Waals surface area contributed by atoms with Gasteiger partial charge in [0, 0.05) is 6.54 Å². The Morgan fingerprint density at radius 2 is 1.95 bits per heavy atom. The van der Waals surface area contributed by atoms with Crippen LogP contribution < -0.4 is 4.90 Å². The monoisotopic (exact) mass is 300 g/mol. The number of nitriles is 1. The van der Waals surface area contributed by atoms with Crippen molar-refractivity contribution in [2.75, 3.05) is 11.4 Å². The molecule has 114 valence electrons. The number of carbonyl (C=O) groups is 1. The Bertz CT molecular complexity index is 589. The van der Waals surface area contributed by atoms with E-state index >= 15 is 0 Å². The minimum atomic E-state index is -4.55. The van der Waals surface area contributed by atoms with Crippen molar-refractivity contribution < 1.29 is 23.1 Å². The average molecular weight is 300 g/mol. The van der Waals surface area contributed by atoms with Gasteiger partial charge in [-0.25, -0.2) is 4.79 Å². The number of carboxylic acid groups (broad SMARTS) is 1. The summed E-state index contributed by atoms with van der Waals surface area (Å²) in [4.78, 5) is 12.7. The number of alkyl halides is 3. The molecule has 0 saturated heterocycles. The largest absolute Gasteiger partial charge is 0.480 e. The lowest BCUT2D eigenvalue weighted by molar-refractivity contribution is -0.142. The zero-order valence-corrected chi connectivity index (χ0v) is 11.8. The number of hydrogen-bond acceptors (Lipinski definition) is 3. The van der Waals surface area contributed by atoms with Crippen LogP contribution in [-0.2, 0) is 11.0 Å². The van der Waals surface area contributed by atoms with E-state index in [9.17, 15) is 23.1 Å². The highest BCUT2D eigenvalue weighted by Gasteiger charge is 2.36. The van der Waals surface area contributed by atoms with Gasteiger partial charge < -0.3 is 10.0 Å². The molecular formula is C14H15F3N2O2. The van der Waals surface area contributed by atoms with Crippen molar-refractivity contribution in [2.24, 2.45) is 0 Å². The number of benzene rings is 1. The number of halogens is 3. The number of hydrogen-bond donors (Lipinski definition) is 1. The lowest BCUT2D eigenvalue weighted by Gasteiger charge is -2.36. The van der Waals surface area contributed by atoms with Crippen LogP contribution in [0.2, 0.25) is 0 Å². The zero-order valence-electron chi connectivity index (χ0n) is 11.8. The van der Waals surface area contributed by atoms with Gasteiger partial charge in [0.1, 0.15) is 11.6 Å². The Morgan fingerprint density at radius 1 is 1.38 bits per heavy atom. The summed E-state index contributed by atoms with van der Waals surface area (Å²) in [5.74, 6) is -1.13. The van der Waals surface area contributed by atoms with Crippen LogP contribution >= 0.6 is 0 Å². The van der Waals surface area contributed by atoms with Gasteiger partial charge in [0.05, 0.1) is 16.8 Å². The van der Waals surface area contributed by atoms with Gasteiger partial charge in [-0.15, -0.1) is 0 Å². The van der Waals surface area contributed by atoms with Crippen molar-refractivity contribution in [3.8, 4) is 6.07 Å². The molecular weight excluding hydrogens is 285 g/mol. The van der Waals surface area contributed by atoms with Crippen LogP contribution in [0, 0.1) is 11.3 Å². The van der Waals surface area contributed by atoms with Crippen LogP contribution in [0.3, 0.4) is 0 Å². The van der Waals surface area contributed by atoms with E-state index in [4.69, 9.17) is 5.26 Å². The van der Waals surface area contributed by atoms with Crippen LogP contribution in [0.25, 0.3) is 0 Å². The summed E-state index contributed by atoms with van der Waals surface area (Å²) in [5.41, 5.74) is -2.33. The van der Waals surface area contributed by atoms with Crippen LogP contribution in [-0.4, -0.2) is 23.2 Å². The molecule has 1 aromatic carbocycles. The van der Waals surface area contributed by atoms with E-state index in [0.29, 0.717) is 0 Å². The molecule has 0 unspecified atom stereocenters. The maximum absolute atomic E-state index is 12.7. The molecule has 21 heavy (non-hydrogen) atoms. The number of anilines is 1. The summed E-state index contributed by atoms with van der Waals surface area (Å²) in [6, 6.07) is 4.41. The maximum Gasteiger partial charge on any atom is 0.416 e. The first-order chi connectivity index (χ1) is 9.55. The summed E-state index contributed by atoms with van der Waals surface area (Å²) in [6.45, 7) is 4.76. The molecule has 0 amide bonds. The van der Waals surface area contributed by atoms with Crippen molar-refractivity contribution in [2.45, 2.75) is 32.5 Å². The fourth-order valence-corrected chi connectivity index (χ4v) is 2.02. The third kappa shape index (κ3) is 3.27. The highest BCUT2D eigenvalue weighted by molar-refractivity contribution is 5.83. The third-order valence-electron chi connectivity index (χ3n) is 3.25. The highest BCUT2D eigenvalue weighted by Crippen LogP contribution is 2.34. The van der Waals surface area contributed by atoms with Crippen molar-refractivity contribution in [1.29, 1.82) is 5.26 Å². The van der Waals surface area contributed by atoms with Gasteiger partial charge >= 0.3 is 12.1 Å². The SMILES string of the molecule is CCN(c1ccc(C(F)(F)F)cc1C#N)C(C)(C)C(=O)O. The standard InChI is InChI=1S/C14H15F3N2O2/c1-4-19(13(2,3)12(20)21)11-6-5-10(14(15,16)17)7-9(11)8-18/h5-7H,4H2,1-3H3,(H,20,21). The van der Waals surface area contributed by atoms with E-state index in [1.807, 2.05) is 0 Å². The Hall–Kier alpha value is -2.23. The summed E-state index contributed by atoms with van der Waals surface area (Å²) in [7, 11) is 0. The van der Waals surface area contributed by atoms with Gasteiger partial charge in [0.25, 0.3) is 0 Å². The first-order valence-electron chi connectivity index (χ1n) is 6.18. The van der Waals surface area contributed by atoms with Gasteiger partial charge in [-0.2, -0.15) is 18.4 Å². The molecule has 0 aromatic heterocycles. The van der Waals surface area contributed by atoms with Crippen LogP contribution in [0.15, 0.2) is 18.2 Å². The number of rotatable bonds is 4. The van der Waals surface area contributed by atoms with Crippen LogP contribution in [0.4, 0.5) is 18.9 Å². The molecule has 1 N–H and O–H groups in total. The van der Waals surface area contributed by atoms with E-state index in [0.717, 1.165) is 18.2 Å². The Balaban J connectivity index is 3.43. The fraction of sp³-hybridized carbons (Fsp3) is 0.429. The predicted octanol–water partition coefficient (Wildman–Crippen LogP) is 3.27. The van der Waals surface area contributed by atoms with Gasteiger partial charge in [0.15, 0.2) is 0 Å². The highest BCUT2D eigenvalue weighted by atomic mass is 19.4. The lowest BCUT2D eigenvalue weighted by Crippen LogP contribution is -2.50. The van der Waals surface area contributed by atoms with Crippen molar-refractivity contribution in [3.05, 3.63) is 29.3 Å². The Labute approximate surface area is 120 Å². The van der Waals surface area contributed by atoms with E-state index in [1.165, 1.54) is 18.7 Å². The lowest BCUT2D eigenvalue weighted by atomic mass is 9.99. The van der Waals surface area contributed by atoms with Crippen molar-refractivity contribution in [3.63, 3.8) is 0 Å². The van der Waals surface area contributed by atoms with E-state index in [1.54, 1.807) is 13.0 Å². The van der Waals surface area contributed by atoms with Gasteiger partial charge in [-0.05, 0) is 39.0 Å². The third-order valence-corrected chi connectivity index (χ3v) is 3.25.